The van der Waals surface area contributed by atoms with Crippen molar-refractivity contribution in [1.29, 1.82) is 0 Å². The number of ether oxygens (including phenoxy) is 1. The number of carbonyl (C=O) groups excluding carboxylic acids is 1. The number of likely N-dealkylation sites (tertiary alicyclic amines) is 1. The molecule has 2 atom stereocenters. The van der Waals surface area contributed by atoms with E-state index in [2.05, 4.69) is 43.8 Å². The van der Waals surface area contributed by atoms with Crippen molar-refractivity contribution in [2.45, 2.75) is 84.2 Å². The van der Waals surface area contributed by atoms with Gasteiger partial charge in [0.1, 0.15) is 11.4 Å². The maximum atomic E-state index is 12.7. The number of amides is 1. The minimum Gasteiger partial charge on any atom is -0.444 e. The molecule has 7 heteroatoms. The molecule has 0 aliphatic carbocycles. The Bertz CT molecular complexity index is 617. The van der Waals surface area contributed by atoms with E-state index >= 15 is 0 Å². The zero-order valence-electron chi connectivity index (χ0n) is 18.3. The first-order valence-corrected chi connectivity index (χ1v) is 12.8. The average molecular weight is 396 g/mol. The Labute approximate surface area is 165 Å². The highest BCUT2D eigenvalue weighted by molar-refractivity contribution is 6.74. The Morgan fingerprint density at radius 1 is 1.30 bits per heavy atom. The van der Waals surface area contributed by atoms with Crippen LogP contribution in [-0.4, -0.2) is 48.0 Å². The third kappa shape index (κ3) is 5.81. The number of H-pyrrole nitrogens is 1. The quantitative estimate of drug-likeness (QED) is 0.703. The molecule has 1 aliphatic rings. The summed E-state index contributed by atoms with van der Waals surface area (Å²) in [5.41, 5.74) is -0.506. The number of carbonyl (C=O) groups is 1. The first kappa shape index (κ1) is 22.0. The molecule has 6 nitrogen and oxygen atoms in total. The van der Waals surface area contributed by atoms with E-state index in [1.165, 1.54) is 0 Å². The Hall–Kier alpha value is -1.34. The molecule has 0 bridgehead atoms. The van der Waals surface area contributed by atoms with Gasteiger partial charge in [-0.2, -0.15) is 0 Å². The molecule has 1 aromatic heterocycles. The minimum atomic E-state index is -1.74. The van der Waals surface area contributed by atoms with Crippen LogP contribution in [0.15, 0.2) is 12.4 Å². The van der Waals surface area contributed by atoms with E-state index in [1.807, 2.05) is 25.7 Å². The van der Waals surface area contributed by atoms with E-state index in [-0.39, 0.29) is 17.2 Å². The SMILES string of the molecule is CC(C)(C)OC(=O)N1CC(CCO[Si](C)(C)C(C)(C)C)CC1c1ncc[nH]1. The van der Waals surface area contributed by atoms with Crippen molar-refractivity contribution >= 4 is 14.4 Å². The average Bonchev–Trinajstić information content (AvgIpc) is 3.12. The molecule has 1 amide bonds. The van der Waals surface area contributed by atoms with Crippen molar-refractivity contribution in [2.24, 2.45) is 5.92 Å². The minimum absolute atomic E-state index is 0.0623. The molecule has 0 aromatic carbocycles. The van der Waals surface area contributed by atoms with Crippen LogP contribution in [0.1, 0.15) is 66.3 Å². The topological polar surface area (TPSA) is 67.4 Å². The van der Waals surface area contributed by atoms with Gasteiger partial charge < -0.3 is 14.1 Å². The molecule has 1 saturated heterocycles. The number of nitrogens with one attached hydrogen (secondary N) is 1. The van der Waals surface area contributed by atoms with Crippen molar-refractivity contribution in [1.82, 2.24) is 14.9 Å². The predicted octanol–water partition coefficient (Wildman–Crippen LogP) is 5.12. The molecule has 0 saturated carbocycles. The molecule has 2 heterocycles. The molecule has 1 aromatic rings. The smallest absolute Gasteiger partial charge is 0.410 e. The van der Waals surface area contributed by atoms with Gasteiger partial charge >= 0.3 is 6.09 Å². The second-order valence-corrected chi connectivity index (χ2v) is 14.9. The highest BCUT2D eigenvalue weighted by atomic mass is 28.4. The highest BCUT2D eigenvalue weighted by Crippen LogP contribution is 2.39. The molecule has 154 valence electrons. The molecule has 2 unspecified atom stereocenters. The third-order valence-corrected chi connectivity index (χ3v) is 10.2. The van der Waals surface area contributed by atoms with E-state index in [0.717, 1.165) is 25.3 Å². The molecule has 1 fully saturated rings. The highest BCUT2D eigenvalue weighted by Gasteiger charge is 2.41. The number of aromatic nitrogens is 2. The number of hydrogen-bond donors (Lipinski definition) is 1. The number of nitrogens with zero attached hydrogens (tertiary/aromatic N) is 2. The summed E-state index contributed by atoms with van der Waals surface area (Å²) in [6.45, 7) is 18.4. The summed E-state index contributed by atoms with van der Waals surface area (Å²) in [5.74, 6) is 1.21. The van der Waals surface area contributed by atoms with E-state index in [9.17, 15) is 4.79 Å². The van der Waals surface area contributed by atoms with Crippen molar-refractivity contribution in [3.8, 4) is 0 Å². The fourth-order valence-corrected chi connectivity index (χ4v) is 4.13. The van der Waals surface area contributed by atoms with Gasteiger partial charge in [-0.25, -0.2) is 9.78 Å². The van der Waals surface area contributed by atoms with Gasteiger partial charge in [-0.05, 0) is 57.7 Å². The van der Waals surface area contributed by atoms with Crippen LogP contribution in [0, 0.1) is 5.92 Å². The van der Waals surface area contributed by atoms with Gasteiger partial charge in [-0.15, -0.1) is 0 Å². The van der Waals surface area contributed by atoms with Crippen LogP contribution in [0.5, 0.6) is 0 Å². The fourth-order valence-electron chi connectivity index (χ4n) is 3.07. The van der Waals surface area contributed by atoms with Gasteiger partial charge in [0.05, 0.1) is 6.04 Å². The zero-order valence-corrected chi connectivity index (χ0v) is 19.3. The fraction of sp³-hybridized carbons (Fsp3) is 0.800. The molecular formula is C20H37N3O3Si. The summed E-state index contributed by atoms with van der Waals surface area (Å²) in [6, 6.07) is -0.0623. The number of imidazole rings is 1. The Morgan fingerprint density at radius 3 is 2.48 bits per heavy atom. The van der Waals surface area contributed by atoms with Gasteiger partial charge in [0.2, 0.25) is 0 Å². The lowest BCUT2D eigenvalue weighted by atomic mass is 10.0. The van der Waals surface area contributed by atoms with Gasteiger partial charge in [0.25, 0.3) is 0 Å². The largest absolute Gasteiger partial charge is 0.444 e. The summed E-state index contributed by atoms with van der Waals surface area (Å²) >= 11 is 0. The summed E-state index contributed by atoms with van der Waals surface area (Å²) in [7, 11) is -1.74. The maximum Gasteiger partial charge on any atom is 0.410 e. The second kappa shape index (κ2) is 7.95. The van der Waals surface area contributed by atoms with Crippen LogP contribution in [-0.2, 0) is 9.16 Å². The van der Waals surface area contributed by atoms with Crippen LogP contribution < -0.4 is 0 Å². The van der Waals surface area contributed by atoms with Crippen LogP contribution in [0.25, 0.3) is 0 Å². The summed E-state index contributed by atoms with van der Waals surface area (Å²) in [5, 5.41) is 0.210. The van der Waals surface area contributed by atoms with Crippen LogP contribution in [0.3, 0.4) is 0 Å². The third-order valence-electron chi connectivity index (χ3n) is 5.65. The van der Waals surface area contributed by atoms with E-state index in [4.69, 9.17) is 9.16 Å². The number of rotatable bonds is 5. The molecule has 0 spiro atoms. The molecule has 0 radical (unpaired) electrons. The molecule has 27 heavy (non-hydrogen) atoms. The Kier molecular flexibility index (Phi) is 6.47. The van der Waals surface area contributed by atoms with Crippen molar-refractivity contribution < 1.29 is 14.0 Å². The molecule has 1 aliphatic heterocycles. The zero-order chi connectivity index (χ0) is 20.5. The van der Waals surface area contributed by atoms with Gasteiger partial charge in [0.15, 0.2) is 8.32 Å². The summed E-state index contributed by atoms with van der Waals surface area (Å²) in [4.78, 5) is 22.1. The van der Waals surface area contributed by atoms with Crippen LogP contribution in [0.2, 0.25) is 18.1 Å². The van der Waals surface area contributed by atoms with Crippen molar-refractivity contribution in [3.63, 3.8) is 0 Å². The monoisotopic (exact) mass is 395 g/mol. The first-order valence-electron chi connectivity index (χ1n) is 9.93. The summed E-state index contributed by atoms with van der Waals surface area (Å²) < 4.78 is 12.0. The lowest BCUT2D eigenvalue weighted by molar-refractivity contribution is 0.0212. The van der Waals surface area contributed by atoms with E-state index in [0.29, 0.717) is 12.5 Å². The van der Waals surface area contributed by atoms with Crippen LogP contribution in [0.4, 0.5) is 4.79 Å². The first-order chi connectivity index (χ1) is 12.3. The molecule has 2 rings (SSSR count). The molecule has 1 N–H and O–H groups in total. The Morgan fingerprint density at radius 2 is 1.96 bits per heavy atom. The van der Waals surface area contributed by atoms with E-state index < -0.39 is 13.9 Å². The van der Waals surface area contributed by atoms with Gasteiger partial charge in [0, 0.05) is 25.5 Å². The van der Waals surface area contributed by atoms with Crippen molar-refractivity contribution in [3.05, 3.63) is 18.2 Å². The second-order valence-electron chi connectivity index (χ2n) is 10.1. The normalized spacial score (nSPS) is 21.6. The van der Waals surface area contributed by atoms with Crippen molar-refractivity contribution in [2.75, 3.05) is 13.2 Å². The summed E-state index contributed by atoms with van der Waals surface area (Å²) in [6.07, 6.45) is 5.10. The lowest BCUT2D eigenvalue weighted by Crippen LogP contribution is -2.41. The van der Waals surface area contributed by atoms with Crippen LogP contribution >= 0.6 is 0 Å². The van der Waals surface area contributed by atoms with Gasteiger partial charge in [-0.1, -0.05) is 20.8 Å². The Balaban J connectivity index is 2.01. The number of hydrogen-bond acceptors (Lipinski definition) is 4. The van der Waals surface area contributed by atoms with E-state index in [1.54, 1.807) is 12.4 Å². The lowest BCUT2D eigenvalue weighted by Gasteiger charge is -2.36. The predicted molar refractivity (Wildman–Crippen MR) is 110 cm³/mol. The standard InChI is InChI=1S/C20H37N3O3Si/c1-19(2,3)26-18(24)23-14-15(13-16(23)17-21-10-11-22-17)9-12-25-27(7,8)20(4,5)6/h10-11,15-16H,9,12-14H2,1-8H3,(H,21,22). The van der Waals surface area contributed by atoms with Gasteiger partial charge in [-0.3, -0.25) is 4.90 Å². The number of aromatic amines is 1. The maximum absolute atomic E-state index is 12.7. The molecular weight excluding hydrogens is 358 g/mol.